The number of hydrogen-bond acceptors (Lipinski definition) is 3. The second kappa shape index (κ2) is 5.51. The molecule has 0 atom stereocenters. The Bertz CT molecular complexity index is 684. The molecule has 0 saturated heterocycles. The first-order valence-corrected chi connectivity index (χ1v) is 5.98. The van der Waals surface area contributed by atoms with Gasteiger partial charge in [0.15, 0.2) is 0 Å². The van der Waals surface area contributed by atoms with Crippen LogP contribution in [0.1, 0.15) is 16.8 Å². The van der Waals surface area contributed by atoms with Crippen LogP contribution in [0.3, 0.4) is 0 Å². The fraction of sp³-hybridized carbons (Fsp3) is 0.214. The molecule has 4 nitrogen and oxygen atoms in total. The number of carbonyl (C=O) groups is 1. The number of carboxylic acids is 1. The maximum Gasteiger partial charge on any atom is 0.418 e. The Hall–Kier alpha value is -2.44. The van der Waals surface area contributed by atoms with Crippen molar-refractivity contribution in [3.05, 3.63) is 47.4 Å². The minimum Gasteiger partial charge on any atom is -0.481 e. The molecule has 2 rings (SSSR count). The van der Waals surface area contributed by atoms with Crippen LogP contribution in [0.25, 0.3) is 11.3 Å². The summed E-state index contributed by atoms with van der Waals surface area (Å²) in [6.07, 6.45) is -2.58. The molecule has 1 N–H and O–H groups in total. The highest BCUT2D eigenvalue weighted by atomic mass is 19.4. The highest BCUT2D eigenvalue weighted by Crippen LogP contribution is 2.36. The molecular formula is C14H11F3N2O2. The van der Waals surface area contributed by atoms with E-state index in [1.807, 2.05) is 0 Å². The van der Waals surface area contributed by atoms with Gasteiger partial charge in [-0.05, 0) is 30.7 Å². The molecule has 0 aliphatic heterocycles. The molecule has 0 bridgehead atoms. The van der Waals surface area contributed by atoms with Crippen molar-refractivity contribution in [3.8, 4) is 11.3 Å². The molecule has 0 aliphatic carbocycles. The molecule has 0 aromatic carbocycles. The maximum absolute atomic E-state index is 13.1. The number of carboxylic acid groups (broad SMARTS) is 1. The predicted octanol–water partition coefficient (Wildman–Crippen LogP) is 3.10. The Kier molecular flexibility index (Phi) is 3.93. The third-order valence-electron chi connectivity index (χ3n) is 2.78. The lowest BCUT2D eigenvalue weighted by Crippen LogP contribution is -2.11. The van der Waals surface area contributed by atoms with Crippen molar-refractivity contribution in [1.29, 1.82) is 0 Å². The number of pyridine rings is 2. The molecule has 0 spiro atoms. The van der Waals surface area contributed by atoms with Crippen LogP contribution in [0.15, 0.2) is 30.6 Å². The largest absolute Gasteiger partial charge is 0.481 e. The van der Waals surface area contributed by atoms with E-state index in [4.69, 9.17) is 5.11 Å². The molecule has 0 fully saturated rings. The standard InChI is InChI=1S/C14H11F3N2O2/c1-8-4-10(2-3-18-8)13-11(14(15,16)17)5-9(7-19-13)6-12(20)21/h2-5,7H,6H2,1H3,(H,20,21). The molecule has 0 unspecified atom stereocenters. The van der Waals surface area contributed by atoms with Gasteiger partial charge >= 0.3 is 12.1 Å². The number of hydrogen-bond donors (Lipinski definition) is 1. The van der Waals surface area contributed by atoms with E-state index in [0.29, 0.717) is 5.69 Å². The van der Waals surface area contributed by atoms with Crippen LogP contribution in [-0.2, 0) is 17.4 Å². The molecule has 0 aliphatic rings. The van der Waals surface area contributed by atoms with E-state index in [-0.39, 0.29) is 16.8 Å². The predicted molar refractivity (Wildman–Crippen MR) is 68.5 cm³/mol. The topological polar surface area (TPSA) is 63.1 Å². The monoisotopic (exact) mass is 296 g/mol. The first kappa shape index (κ1) is 15.0. The van der Waals surface area contributed by atoms with Crippen molar-refractivity contribution in [2.24, 2.45) is 0 Å². The van der Waals surface area contributed by atoms with Gasteiger partial charge in [0.25, 0.3) is 0 Å². The summed E-state index contributed by atoms with van der Waals surface area (Å²) in [5.41, 5.74) is -0.327. The molecule has 21 heavy (non-hydrogen) atoms. The van der Waals surface area contributed by atoms with Gasteiger partial charge < -0.3 is 5.11 Å². The zero-order chi connectivity index (χ0) is 15.6. The van der Waals surface area contributed by atoms with E-state index >= 15 is 0 Å². The second-order valence-electron chi connectivity index (χ2n) is 4.49. The number of rotatable bonds is 3. The smallest absolute Gasteiger partial charge is 0.418 e. The lowest BCUT2D eigenvalue weighted by molar-refractivity contribution is -0.138. The first-order valence-electron chi connectivity index (χ1n) is 5.98. The quantitative estimate of drug-likeness (QED) is 0.945. The first-order chi connectivity index (χ1) is 9.77. The highest BCUT2D eigenvalue weighted by Gasteiger charge is 2.35. The molecule has 0 radical (unpaired) electrons. The Labute approximate surface area is 118 Å². The second-order valence-corrected chi connectivity index (χ2v) is 4.49. The van der Waals surface area contributed by atoms with Gasteiger partial charge in [0.1, 0.15) is 0 Å². The van der Waals surface area contributed by atoms with Gasteiger partial charge in [-0.3, -0.25) is 14.8 Å². The Balaban J connectivity index is 2.58. The number of halogens is 3. The lowest BCUT2D eigenvalue weighted by Gasteiger charge is -2.13. The van der Waals surface area contributed by atoms with E-state index < -0.39 is 24.1 Å². The van der Waals surface area contributed by atoms with Gasteiger partial charge in [0, 0.05) is 23.7 Å². The van der Waals surface area contributed by atoms with Gasteiger partial charge in [-0.25, -0.2) is 0 Å². The summed E-state index contributed by atoms with van der Waals surface area (Å²) in [7, 11) is 0. The third kappa shape index (κ3) is 3.56. The summed E-state index contributed by atoms with van der Waals surface area (Å²) in [6.45, 7) is 1.66. The van der Waals surface area contributed by atoms with Crippen molar-refractivity contribution in [3.63, 3.8) is 0 Å². The molecule has 0 saturated carbocycles. The highest BCUT2D eigenvalue weighted by molar-refractivity contribution is 5.71. The summed E-state index contributed by atoms with van der Waals surface area (Å²) in [4.78, 5) is 18.3. The fourth-order valence-electron chi connectivity index (χ4n) is 1.92. The minimum atomic E-state index is -4.62. The molecular weight excluding hydrogens is 285 g/mol. The SMILES string of the molecule is Cc1cc(-c2ncc(CC(=O)O)cc2C(F)(F)F)ccn1. The zero-order valence-electron chi connectivity index (χ0n) is 11.0. The van der Waals surface area contributed by atoms with E-state index in [1.54, 1.807) is 6.92 Å². The Morgan fingerprint density at radius 2 is 2.00 bits per heavy atom. The minimum absolute atomic E-state index is 0.00403. The van der Waals surface area contributed by atoms with Gasteiger partial charge in [-0.15, -0.1) is 0 Å². The molecule has 7 heteroatoms. The van der Waals surface area contributed by atoms with Gasteiger partial charge in [-0.2, -0.15) is 13.2 Å². The Morgan fingerprint density at radius 3 is 2.57 bits per heavy atom. The van der Waals surface area contributed by atoms with Crippen LogP contribution in [0.4, 0.5) is 13.2 Å². The molecule has 2 aromatic heterocycles. The maximum atomic E-state index is 13.1. The van der Waals surface area contributed by atoms with Crippen LogP contribution >= 0.6 is 0 Å². The Morgan fingerprint density at radius 1 is 1.29 bits per heavy atom. The van der Waals surface area contributed by atoms with Crippen molar-refractivity contribution >= 4 is 5.97 Å². The van der Waals surface area contributed by atoms with Crippen LogP contribution in [0.2, 0.25) is 0 Å². The molecule has 2 aromatic rings. The number of aromatic nitrogens is 2. The third-order valence-corrected chi connectivity index (χ3v) is 2.78. The summed E-state index contributed by atoms with van der Waals surface area (Å²) >= 11 is 0. The van der Waals surface area contributed by atoms with Gasteiger partial charge in [-0.1, -0.05) is 0 Å². The van der Waals surface area contributed by atoms with Crippen molar-refractivity contribution in [1.82, 2.24) is 9.97 Å². The molecule has 110 valence electrons. The number of nitrogens with zero attached hydrogens (tertiary/aromatic N) is 2. The van der Waals surface area contributed by atoms with E-state index in [9.17, 15) is 18.0 Å². The van der Waals surface area contributed by atoms with E-state index in [0.717, 1.165) is 12.3 Å². The summed E-state index contributed by atoms with van der Waals surface area (Å²) < 4.78 is 39.4. The summed E-state index contributed by atoms with van der Waals surface area (Å²) in [5, 5.41) is 8.67. The fourth-order valence-corrected chi connectivity index (χ4v) is 1.92. The number of aliphatic carboxylic acids is 1. The van der Waals surface area contributed by atoms with Crippen LogP contribution < -0.4 is 0 Å². The van der Waals surface area contributed by atoms with Crippen molar-refractivity contribution < 1.29 is 23.1 Å². The molecule has 0 amide bonds. The summed E-state index contributed by atoms with van der Waals surface area (Å²) in [5.74, 6) is -1.21. The summed E-state index contributed by atoms with van der Waals surface area (Å²) in [6, 6.07) is 3.75. The van der Waals surface area contributed by atoms with Gasteiger partial charge in [0.05, 0.1) is 17.7 Å². The van der Waals surface area contributed by atoms with Crippen LogP contribution in [-0.4, -0.2) is 21.0 Å². The average molecular weight is 296 g/mol. The van der Waals surface area contributed by atoms with E-state index in [1.165, 1.54) is 18.3 Å². The normalized spacial score (nSPS) is 11.4. The van der Waals surface area contributed by atoms with Crippen LogP contribution in [0.5, 0.6) is 0 Å². The number of alkyl halides is 3. The van der Waals surface area contributed by atoms with Crippen LogP contribution in [0, 0.1) is 6.92 Å². The number of aryl methyl sites for hydroxylation is 1. The van der Waals surface area contributed by atoms with E-state index in [2.05, 4.69) is 9.97 Å². The average Bonchev–Trinajstić information content (AvgIpc) is 2.37. The molecule has 2 heterocycles. The lowest BCUT2D eigenvalue weighted by atomic mass is 10.0. The zero-order valence-corrected chi connectivity index (χ0v) is 11.0. The van der Waals surface area contributed by atoms with Gasteiger partial charge in [0.2, 0.25) is 0 Å². The van der Waals surface area contributed by atoms with Crippen molar-refractivity contribution in [2.45, 2.75) is 19.5 Å². The van der Waals surface area contributed by atoms with Crippen molar-refractivity contribution in [2.75, 3.05) is 0 Å².